The van der Waals surface area contributed by atoms with Gasteiger partial charge in [0.05, 0.1) is 6.61 Å². The number of hydrogen-bond donors (Lipinski definition) is 1. The number of hydrogen-bond acceptors (Lipinski definition) is 4. The molecule has 1 aliphatic carbocycles. The van der Waals surface area contributed by atoms with Crippen LogP contribution in [0, 0.1) is 6.92 Å². The molecule has 1 saturated carbocycles. The topological polar surface area (TPSA) is 41.6 Å². The molecule has 1 aromatic heterocycles. The largest absolute Gasteiger partial charge is 0.374 e. The Kier molecular flexibility index (Phi) is 3.98. The van der Waals surface area contributed by atoms with E-state index in [9.17, 15) is 13.6 Å². The molecule has 0 radical (unpaired) electrons. The number of carbonyl (C=O) groups is 1. The molecule has 1 aromatic rings. The minimum absolute atomic E-state index is 0.0687. The Morgan fingerprint density at radius 3 is 2.86 bits per heavy atom. The van der Waals surface area contributed by atoms with Crippen LogP contribution in [0.3, 0.4) is 0 Å². The second-order valence-electron chi connectivity index (χ2n) is 5.54. The summed E-state index contributed by atoms with van der Waals surface area (Å²) in [5.74, 6) is 0.0687. The van der Waals surface area contributed by atoms with Crippen molar-refractivity contribution in [3.8, 4) is 0 Å². The van der Waals surface area contributed by atoms with Gasteiger partial charge in [0.2, 0.25) is 5.91 Å². The average molecular weight is 316 g/mol. The average Bonchev–Trinajstić information content (AvgIpc) is 3.01. The summed E-state index contributed by atoms with van der Waals surface area (Å²) in [5.41, 5.74) is -0.411. The monoisotopic (exact) mass is 316 g/mol. The number of carbonyl (C=O) groups excluding carboxylic acids is 1. The summed E-state index contributed by atoms with van der Waals surface area (Å²) in [6, 6.07) is 4.04. The molecule has 1 unspecified atom stereocenters. The van der Waals surface area contributed by atoms with E-state index in [1.54, 1.807) is 16.2 Å². The Morgan fingerprint density at radius 1 is 1.52 bits per heavy atom. The van der Waals surface area contributed by atoms with E-state index in [0.29, 0.717) is 6.54 Å². The van der Waals surface area contributed by atoms with Crippen molar-refractivity contribution >= 4 is 17.2 Å². The predicted molar refractivity (Wildman–Crippen MR) is 75.4 cm³/mol. The zero-order valence-corrected chi connectivity index (χ0v) is 12.6. The first kappa shape index (κ1) is 14.9. The smallest absolute Gasteiger partial charge is 0.261 e. The molecule has 1 atom stereocenters. The molecule has 116 valence electrons. The quantitative estimate of drug-likeness (QED) is 0.819. The van der Waals surface area contributed by atoms with Gasteiger partial charge in [-0.05, 0) is 31.9 Å². The third kappa shape index (κ3) is 2.95. The van der Waals surface area contributed by atoms with Crippen molar-refractivity contribution in [3.63, 3.8) is 0 Å². The highest BCUT2D eigenvalue weighted by molar-refractivity contribution is 7.12. The van der Waals surface area contributed by atoms with Gasteiger partial charge < -0.3 is 9.64 Å². The summed E-state index contributed by atoms with van der Waals surface area (Å²) in [6.07, 6.45) is -0.931. The highest BCUT2D eigenvalue weighted by atomic mass is 32.1. The van der Waals surface area contributed by atoms with Gasteiger partial charge in [0, 0.05) is 16.3 Å². The van der Waals surface area contributed by atoms with E-state index < -0.39 is 18.6 Å². The molecule has 2 heterocycles. The fourth-order valence-electron chi connectivity index (χ4n) is 2.67. The molecule has 2 aliphatic rings. The van der Waals surface area contributed by atoms with E-state index in [0.717, 1.165) is 17.7 Å². The lowest BCUT2D eigenvalue weighted by Crippen LogP contribution is -2.34. The van der Waals surface area contributed by atoms with E-state index in [1.807, 2.05) is 19.1 Å². The molecule has 3 rings (SSSR count). The summed E-state index contributed by atoms with van der Waals surface area (Å²) in [5, 5.41) is 3.40. The molecule has 21 heavy (non-hydrogen) atoms. The van der Waals surface area contributed by atoms with Crippen LogP contribution in [0.15, 0.2) is 12.1 Å². The molecular formula is C14H18F2N2O2S. The molecule has 1 spiro atoms. The van der Waals surface area contributed by atoms with Gasteiger partial charge in [-0.2, -0.15) is 0 Å². The van der Waals surface area contributed by atoms with E-state index in [2.05, 4.69) is 5.32 Å². The Bertz CT molecular complexity index is 531. The Hall–Kier alpha value is -1.05. The molecule has 0 aromatic carbocycles. The van der Waals surface area contributed by atoms with E-state index in [-0.39, 0.29) is 18.7 Å². The van der Waals surface area contributed by atoms with Gasteiger partial charge in [-0.3, -0.25) is 10.1 Å². The summed E-state index contributed by atoms with van der Waals surface area (Å²) in [6.45, 7) is 1.91. The van der Waals surface area contributed by atoms with Crippen molar-refractivity contribution in [2.75, 3.05) is 19.8 Å². The second-order valence-corrected chi connectivity index (χ2v) is 6.86. The number of halogens is 2. The van der Waals surface area contributed by atoms with Crippen molar-refractivity contribution in [1.29, 1.82) is 0 Å². The maximum atomic E-state index is 12.5. The Labute approximate surface area is 126 Å². The lowest BCUT2D eigenvalue weighted by atomic mass is 10.3. The highest BCUT2D eigenvalue weighted by Gasteiger charge is 2.59. The molecule has 7 heteroatoms. The lowest BCUT2D eigenvalue weighted by molar-refractivity contribution is -0.131. The minimum atomic E-state index is -2.47. The number of aryl methyl sites for hydroxylation is 1. The summed E-state index contributed by atoms with van der Waals surface area (Å²) >= 11 is 1.65. The van der Waals surface area contributed by atoms with E-state index in [1.165, 1.54) is 4.88 Å². The van der Waals surface area contributed by atoms with Crippen molar-refractivity contribution in [2.45, 2.75) is 37.9 Å². The van der Waals surface area contributed by atoms with Crippen molar-refractivity contribution in [2.24, 2.45) is 0 Å². The van der Waals surface area contributed by atoms with Gasteiger partial charge in [-0.25, -0.2) is 8.78 Å². The van der Waals surface area contributed by atoms with Crippen LogP contribution >= 0.6 is 11.3 Å². The van der Waals surface area contributed by atoms with Gasteiger partial charge in [0.15, 0.2) is 0 Å². The van der Waals surface area contributed by atoms with Gasteiger partial charge in [-0.1, -0.05) is 0 Å². The molecule has 1 N–H and O–H groups in total. The number of alkyl halides is 2. The van der Waals surface area contributed by atoms with E-state index in [4.69, 9.17) is 4.74 Å². The van der Waals surface area contributed by atoms with Crippen LogP contribution in [0.1, 0.15) is 28.8 Å². The maximum absolute atomic E-state index is 12.5. The van der Waals surface area contributed by atoms with Crippen LogP contribution in [-0.2, 0) is 9.53 Å². The summed E-state index contributed by atoms with van der Waals surface area (Å²) < 4.78 is 29.1. The molecular weight excluding hydrogens is 298 g/mol. The fraction of sp³-hybridized carbons (Fsp3) is 0.643. The number of nitrogens with zero attached hydrogens (tertiary/aromatic N) is 1. The minimum Gasteiger partial charge on any atom is -0.374 e. The molecule has 2 fully saturated rings. The van der Waals surface area contributed by atoms with Gasteiger partial charge in [0.25, 0.3) is 6.43 Å². The third-order valence-electron chi connectivity index (χ3n) is 3.90. The second kappa shape index (κ2) is 5.62. The molecule has 4 nitrogen and oxygen atoms in total. The highest BCUT2D eigenvalue weighted by Crippen LogP contribution is 2.46. The number of nitrogens with one attached hydrogen (secondary N) is 1. The van der Waals surface area contributed by atoms with Crippen molar-refractivity contribution < 1.29 is 18.3 Å². The SMILES string of the molecule is Cc1ccc(C2NC3(CC3)C(=O)N2CCOCC(F)F)s1. The van der Waals surface area contributed by atoms with Crippen molar-refractivity contribution in [3.05, 3.63) is 21.9 Å². The van der Waals surface area contributed by atoms with E-state index >= 15 is 0 Å². The van der Waals surface area contributed by atoms with Gasteiger partial charge in [0.1, 0.15) is 18.3 Å². The van der Waals surface area contributed by atoms with Gasteiger partial charge >= 0.3 is 0 Å². The van der Waals surface area contributed by atoms with Crippen LogP contribution in [0.4, 0.5) is 8.78 Å². The Morgan fingerprint density at radius 2 is 2.29 bits per heavy atom. The first-order chi connectivity index (χ1) is 10.0. The molecule has 1 aliphatic heterocycles. The number of rotatable bonds is 6. The van der Waals surface area contributed by atoms with Crippen LogP contribution < -0.4 is 5.32 Å². The van der Waals surface area contributed by atoms with Crippen LogP contribution in [0.25, 0.3) is 0 Å². The standard InChI is InChI=1S/C14H18F2N2O2S/c1-9-2-3-10(21-9)12-17-14(4-5-14)13(19)18(12)6-7-20-8-11(15)16/h2-3,11-12,17H,4-8H2,1H3. The van der Waals surface area contributed by atoms with Gasteiger partial charge in [-0.15, -0.1) is 11.3 Å². The number of ether oxygens (including phenoxy) is 1. The van der Waals surface area contributed by atoms with Crippen LogP contribution in [0.2, 0.25) is 0 Å². The predicted octanol–water partition coefficient (Wildman–Crippen LogP) is 2.30. The first-order valence-electron chi connectivity index (χ1n) is 7.03. The maximum Gasteiger partial charge on any atom is 0.261 e. The number of amides is 1. The summed E-state index contributed by atoms with van der Waals surface area (Å²) in [7, 11) is 0. The molecule has 1 saturated heterocycles. The van der Waals surface area contributed by atoms with Crippen LogP contribution in [0.5, 0.6) is 0 Å². The molecule has 0 bridgehead atoms. The van der Waals surface area contributed by atoms with Crippen molar-refractivity contribution in [1.82, 2.24) is 10.2 Å². The third-order valence-corrected chi connectivity index (χ3v) is 4.95. The normalized spacial score (nSPS) is 23.5. The zero-order chi connectivity index (χ0) is 15.0. The number of thiophene rings is 1. The lowest BCUT2D eigenvalue weighted by Gasteiger charge is -2.23. The summed E-state index contributed by atoms with van der Waals surface area (Å²) in [4.78, 5) is 16.5. The van der Waals surface area contributed by atoms with Crippen LogP contribution in [-0.4, -0.2) is 42.5 Å². The first-order valence-corrected chi connectivity index (χ1v) is 7.84. The molecule has 1 amide bonds. The zero-order valence-electron chi connectivity index (χ0n) is 11.8. The Balaban J connectivity index is 1.67. The fourth-order valence-corrected chi connectivity index (χ4v) is 3.61.